The van der Waals surface area contributed by atoms with Crippen molar-refractivity contribution < 1.29 is 0 Å². The van der Waals surface area contributed by atoms with Crippen LogP contribution in [0.25, 0.3) is 90.2 Å². The second-order valence-corrected chi connectivity index (χ2v) is 30.9. The number of fused-ring (bicyclic) bond motifs is 8. The minimum atomic E-state index is -0.662. The lowest BCUT2D eigenvalue weighted by molar-refractivity contribution is 0.175. The van der Waals surface area contributed by atoms with Crippen LogP contribution in [0.3, 0.4) is 0 Å². The third-order valence-electron chi connectivity index (χ3n) is 22.5. The second-order valence-electron chi connectivity index (χ2n) is 30.9. The Balaban J connectivity index is 0.000000133. The molecule has 32 nitrogen and oxygen atoms in total. The molecule has 1 atom stereocenters. The quantitative estimate of drug-likeness (QED) is 0.0457. The van der Waals surface area contributed by atoms with Gasteiger partial charge < -0.3 is 60.4 Å². The van der Waals surface area contributed by atoms with Gasteiger partial charge in [0.05, 0.1) is 44.1 Å². The van der Waals surface area contributed by atoms with E-state index in [-0.39, 0.29) is 34.9 Å². The second kappa shape index (κ2) is 35.0. The SMILES string of the molecule is Cc1cc2nc3c(=O)[nH]c(=O)nc-3n(CCN3CCC(CCN)CC3)c2cc1C.Cc1cc2nc3c(=O)[nH]c(=O)nc-3n(CCN3CCC(N)CC3)c2cc1C.Cc1cc2nc3c(=O)[nH]c(=O)nc-3n(CCN3CCCC(N)C3)c2cc1C.Cc1cc2nc3c(=O)[nH]c(=O)nc-3n(CCNCc3cccc(N(C)C)c3)c2cc1C. The van der Waals surface area contributed by atoms with Crippen LogP contribution in [0, 0.1) is 61.3 Å². The molecule has 3 fully saturated rings. The first-order chi connectivity index (χ1) is 54.6. The first kappa shape index (κ1) is 80.8. The fourth-order valence-electron chi connectivity index (χ4n) is 15.4. The van der Waals surface area contributed by atoms with Crippen molar-refractivity contribution in [3.05, 3.63) is 206 Å². The fraction of sp³-hybridized carbons (Fsp3) is 0.439. The summed E-state index contributed by atoms with van der Waals surface area (Å²) in [5.41, 5.74) is 31.7. The van der Waals surface area contributed by atoms with Crippen molar-refractivity contribution in [1.82, 2.24) is 98.1 Å². The molecular weight excluding hydrogens is 1450 g/mol. The Hall–Kier alpha value is -11.3. The third kappa shape index (κ3) is 18.3. The maximum Gasteiger partial charge on any atom is 0.349 e. The molecule has 11 heterocycles. The first-order valence-electron chi connectivity index (χ1n) is 39.2. The summed E-state index contributed by atoms with van der Waals surface area (Å²) in [6.07, 6.45) is 7.55. The smallest absolute Gasteiger partial charge is 0.349 e. The highest BCUT2D eigenvalue weighted by Crippen LogP contribution is 2.30. The molecule has 32 heteroatoms. The number of nitrogens with one attached hydrogen (secondary N) is 5. The molecule has 1 unspecified atom stereocenters. The lowest BCUT2D eigenvalue weighted by atomic mass is 9.94. The van der Waals surface area contributed by atoms with Gasteiger partial charge in [0.25, 0.3) is 22.2 Å². The molecule has 0 bridgehead atoms. The molecule has 0 amide bonds. The molecule has 16 rings (SSSR count). The van der Waals surface area contributed by atoms with Gasteiger partial charge in [-0.05, 0) is 256 Å². The summed E-state index contributed by atoms with van der Waals surface area (Å²) < 4.78 is 7.78. The van der Waals surface area contributed by atoms with E-state index in [0.717, 1.165) is 192 Å². The maximum absolute atomic E-state index is 12.4. The Bertz CT molecular complexity index is 6080. The van der Waals surface area contributed by atoms with Crippen molar-refractivity contribution in [2.45, 2.75) is 145 Å². The van der Waals surface area contributed by atoms with Crippen LogP contribution in [0.1, 0.15) is 95.0 Å². The summed E-state index contributed by atoms with van der Waals surface area (Å²) >= 11 is 0. The number of nitrogens with two attached hydrogens (primary N) is 3. The van der Waals surface area contributed by atoms with Gasteiger partial charge in [-0.1, -0.05) is 12.1 Å². The average Bonchev–Trinajstić information content (AvgIpc) is 0.773. The highest BCUT2D eigenvalue weighted by molar-refractivity contribution is 5.84. The number of aromatic amines is 4. The summed E-state index contributed by atoms with van der Waals surface area (Å²) in [7, 11) is 4.04. The zero-order chi connectivity index (χ0) is 80.9. The zero-order valence-corrected chi connectivity index (χ0v) is 66.6. The number of piperidine rings is 3. The van der Waals surface area contributed by atoms with E-state index in [2.05, 4.69) is 122 Å². The van der Waals surface area contributed by atoms with Crippen molar-refractivity contribution in [3.8, 4) is 46.1 Å². The fourth-order valence-corrected chi connectivity index (χ4v) is 15.4. The number of likely N-dealkylation sites (tertiary alicyclic amines) is 3. The van der Waals surface area contributed by atoms with Gasteiger partial charge in [0.15, 0.2) is 46.1 Å². The van der Waals surface area contributed by atoms with E-state index in [0.29, 0.717) is 68.1 Å². The summed E-state index contributed by atoms with van der Waals surface area (Å²) in [5.74, 6) is 2.06. The van der Waals surface area contributed by atoms with Gasteiger partial charge in [0, 0.05) is 97.3 Å². The van der Waals surface area contributed by atoms with Gasteiger partial charge in [-0.2, -0.15) is 19.9 Å². The van der Waals surface area contributed by atoms with Crippen molar-refractivity contribution >= 4 is 49.8 Å². The molecule has 3 saturated heterocycles. The van der Waals surface area contributed by atoms with Crippen LogP contribution in [0.15, 0.2) is 111 Å². The topological polar surface area (TPSA) is 426 Å². The van der Waals surface area contributed by atoms with Crippen LogP contribution >= 0.6 is 0 Å². The van der Waals surface area contributed by atoms with E-state index >= 15 is 0 Å². The number of aromatic nitrogens is 16. The van der Waals surface area contributed by atoms with Crippen molar-refractivity contribution in [2.24, 2.45) is 23.1 Å². The highest BCUT2D eigenvalue weighted by Gasteiger charge is 2.27. The van der Waals surface area contributed by atoms with Crippen LogP contribution < -0.4 is 72.4 Å². The van der Waals surface area contributed by atoms with Gasteiger partial charge in [0.2, 0.25) is 0 Å². The van der Waals surface area contributed by atoms with E-state index in [1.165, 1.54) is 18.4 Å². The Labute approximate surface area is 656 Å². The first-order valence-corrected chi connectivity index (χ1v) is 39.2. The van der Waals surface area contributed by atoms with Gasteiger partial charge in [-0.3, -0.25) is 39.1 Å². The minimum Gasteiger partial charge on any atom is -0.378 e. The Morgan fingerprint density at radius 2 is 0.763 bits per heavy atom. The summed E-state index contributed by atoms with van der Waals surface area (Å²) in [6.45, 7) is 29.1. The Morgan fingerprint density at radius 3 is 1.12 bits per heavy atom. The minimum absolute atomic E-state index is 0.175. The number of benzene rings is 5. The van der Waals surface area contributed by atoms with Crippen LogP contribution in [0.4, 0.5) is 5.69 Å². The molecule has 0 radical (unpaired) electrons. The van der Waals surface area contributed by atoms with Crippen LogP contribution in [-0.2, 0) is 32.7 Å². The monoisotopic (exact) mass is 1550 g/mol. The lowest BCUT2D eigenvalue weighted by Gasteiger charge is -2.32. The van der Waals surface area contributed by atoms with E-state index < -0.39 is 45.0 Å². The molecular formula is C82H102N24O8. The summed E-state index contributed by atoms with van der Waals surface area (Å²) in [5, 5.41) is 3.45. The van der Waals surface area contributed by atoms with Gasteiger partial charge in [0.1, 0.15) is 0 Å². The van der Waals surface area contributed by atoms with E-state index in [1.54, 1.807) is 0 Å². The Morgan fingerprint density at radius 1 is 0.412 bits per heavy atom. The molecule has 0 saturated carbocycles. The van der Waals surface area contributed by atoms with E-state index in [1.807, 2.05) is 123 Å². The maximum atomic E-state index is 12.4. The molecule has 0 aromatic heterocycles. The number of hydrogen-bond acceptors (Lipinski definition) is 24. The van der Waals surface area contributed by atoms with Gasteiger partial charge >= 0.3 is 22.8 Å². The summed E-state index contributed by atoms with van der Waals surface area (Å²) in [6, 6.07) is 24.9. The molecule has 11 aliphatic rings. The van der Waals surface area contributed by atoms with Crippen LogP contribution in [0.5, 0.6) is 0 Å². The number of anilines is 1. The number of hydrogen-bond donors (Lipinski definition) is 8. The van der Waals surface area contributed by atoms with Crippen molar-refractivity contribution in [1.29, 1.82) is 0 Å². The predicted molar refractivity (Wildman–Crippen MR) is 445 cm³/mol. The van der Waals surface area contributed by atoms with E-state index in [9.17, 15) is 38.4 Å². The standard InChI is InChI=1S/C23H26N6O2.C21H28N6O2.2C19H24N6O2/c1-14-10-18-19(11-15(14)2)29(21-20(25-18)22(30)27-23(31)26-21)9-8-24-13-16-6-5-7-17(12-16)28(3)4;1-13-11-16-17(12-14(13)2)27(19-18(23-16)20(28)25-21(29)24-19)10-9-26-7-4-15(3-6-22)5-8-26;1-11-9-14-15(10-12(11)2)25(8-7-24-5-3-13(20)4-6-24)17-16(21-14)18(26)23-19(27)22-17;1-11-8-14-15(9-12(11)2)25(7-6-24-5-3-4-13(20)10-24)17-16(21-14)18(26)23-19(27)22-17/h5-7,10-12,24H,8-9,13H2,1-4H3,(H,27,30,31);11-12,15H,3-10,22H2,1-2H3,(H,25,28,29);9-10,13H,3-8,20H2,1-2H3,(H,23,26,27);8-9,13H,3-7,10,20H2,1-2H3,(H,23,26,27). The largest absolute Gasteiger partial charge is 0.378 e. The highest BCUT2D eigenvalue weighted by atomic mass is 16.2. The molecule has 0 spiro atoms. The van der Waals surface area contributed by atoms with Crippen molar-refractivity contribution in [2.75, 3.05) is 91.0 Å². The molecule has 5 aromatic carbocycles. The molecule has 11 aliphatic heterocycles. The predicted octanol–water partition coefficient (Wildman–Crippen LogP) is 4.57. The van der Waals surface area contributed by atoms with Gasteiger partial charge in [-0.25, -0.2) is 39.1 Å². The van der Waals surface area contributed by atoms with E-state index in [4.69, 9.17) is 17.2 Å². The Kier molecular flexibility index (Phi) is 24.8. The van der Waals surface area contributed by atoms with Crippen molar-refractivity contribution in [3.63, 3.8) is 0 Å². The molecule has 5 aromatic rings. The van der Waals surface area contributed by atoms with Gasteiger partial charge in [-0.15, -0.1) is 0 Å². The summed E-state index contributed by atoms with van der Waals surface area (Å²) in [4.78, 5) is 149. The lowest BCUT2D eigenvalue weighted by Crippen LogP contribution is -2.44. The molecule has 598 valence electrons. The van der Waals surface area contributed by atoms with Crippen LogP contribution in [-0.4, -0.2) is 191 Å². The average molecular weight is 1550 g/mol. The normalized spacial score (nSPS) is 15.4. The number of rotatable bonds is 17. The van der Waals surface area contributed by atoms with Crippen LogP contribution in [0.2, 0.25) is 0 Å². The molecule has 11 N–H and O–H groups in total. The number of H-pyrrole nitrogens is 4. The number of nitrogens with zero attached hydrogens (tertiary/aromatic N) is 16. The molecule has 114 heavy (non-hydrogen) atoms. The third-order valence-corrected chi connectivity index (χ3v) is 22.5. The number of aryl methyl sites for hydroxylation is 8. The zero-order valence-electron chi connectivity index (χ0n) is 66.6. The molecule has 0 aliphatic carbocycles.